The molecule has 0 unspecified atom stereocenters. The van der Waals surface area contributed by atoms with Crippen LogP contribution >= 0.6 is 12.2 Å². The molecule has 0 aliphatic heterocycles. The van der Waals surface area contributed by atoms with E-state index >= 15 is 0 Å². The number of thiocarbonyl (C=S) groups is 1. The van der Waals surface area contributed by atoms with Crippen LogP contribution in [0.4, 0.5) is 0 Å². The van der Waals surface area contributed by atoms with Crippen molar-refractivity contribution in [3.05, 3.63) is 4.91 Å². The van der Waals surface area contributed by atoms with Gasteiger partial charge in [0.2, 0.25) is 0 Å². The lowest BCUT2D eigenvalue weighted by atomic mass is 10.5. The third kappa shape index (κ3) is 4.14. The fourth-order valence-electron chi connectivity index (χ4n) is 0.826. The summed E-state index contributed by atoms with van der Waals surface area (Å²) in [6, 6.07) is 0. The first-order valence-corrected chi connectivity index (χ1v) is 4.55. The average molecular weight is 205 g/mol. The predicted octanol–water partition coefficient (Wildman–Crippen LogP) is 0.589. The van der Waals surface area contributed by atoms with E-state index in [0.29, 0.717) is 18.2 Å². The fourth-order valence-corrected chi connectivity index (χ4v) is 1.04. The van der Waals surface area contributed by atoms with Crippen LogP contribution in [-0.2, 0) is 0 Å². The van der Waals surface area contributed by atoms with Gasteiger partial charge in [0.15, 0.2) is 5.11 Å². The van der Waals surface area contributed by atoms with E-state index in [1.165, 1.54) is 5.01 Å². The fraction of sp³-hybridized carbons (Fsp3) is 0.857. The largest absolute Gasteiger partial charge is 0.395 e. The maximum Gasteiger partial charge on any atom is 0.194 e. The molecule has 0 amide bonds. The van der Waals surface area contributed by atoms with Crippen LogP contribution in [0.1, 0.15) is 13.3 Å². The Morgan fingerprint density at radius 3 is 2.54 bits per heavy atom. The van der Waals surface area contributed by atoms with Crippen molar-refractivity contribution >= 4 is 17.3 Å². The normalized spacial score (nSPS) is 9.46. The quantitative estimate of drug-likeness (QED) is 0.404. The first-order chi connectivity index (χ1) is 6.17. The van der Waals surface area contributed by atoms with Crippen molar-refractivity contribution in [3.8, 4) is 0 Å². The molecule has 0 fully saturated rings. The second-order valence-electron chi connectivity index (χ2n) is 2.63. The zero-order valence-corrected chi connectivity index (χ0v) is 8.75. The van der Waals surface area contributed by atoms with Crippen molar-refractivity contribution in [2.24, 2.45) is 5.29 Å². The summed E-state index contributed by atoms with van der Waals surface area (Å²) in [5.41, 5.74) is 0. The molecule has 76 valence electrons. The third-order valence-electron chi connectivity index (χ3n) is 1.52. The smallest absolute Gasteiger partial charge is 0.194 e. The minimum absolute atomic E-state index is 0.00939. The second-order valence-corrected chi connectivity index (χ2v) is 3.00. The van der Waals surface area contributed by atoms with Crippen molar-refractivity contribution < 1.29 is 5.11 Å². The lowest BCUT2D eigenvalue weighted by molar-refractivity contribution is 0.252. The van der Waals surface area contributed by atoms with E-state index in [1.54, 1.807) is 11.9 Å². The Labute approximate surface area is 83.3 Å². The molecule has 13 heavy (non-hydrogen) atoms. The van der Waals surface area contributed by atoms with Gasteiger partial charge in [-0.1, -0.05) is 6.92 Å². The molecule has 0 saturated carbocycles. The molecule has 0 aromatic heterocycles. The van der Waals surface area contributed by atoms with E-state index < -0.39 is 0 Å². The highest BCUT2D eigenvalue weighted by atomic mass is 32.1. The number of hydrogen-bond donors (Lipinski definition) is 1. The molecule has 0 rings (SSSR count). The summed E-state index contributed by atoms with van der Waals surface area (Å²) in [5, 5.41) is 13.0. The molecule has 0 spiro atoms. The molecule has 0 aromatic rings. The monoisotopic (exact) mass is 205 g/mol. The highest BCUT2D eigenvalue weighted by molar-refractivity contribution is 7.80. The molecule has 0 heterocycles. The number of aliphatic hydroxyl groups is 1. The molecule has 1 N–H and O–H groups in total. The number of nitroso groups, excluding NO2 is 1. The Hall–Kier alpha value is -0.750. The van der Waals surface area contributed by atoms with E-state index in [9.17, 15) is 4.91 Å². The first kappa shape index (κ1) is 12.2. The van der Waals surface area contributed by atoms with Crippen LogP contribution in [0.5, 0.6) is 0 Å². The zero-order valence-electron chi connectivity index (χ0n) is 7.93. The molecule has 0 radical (unpaired) electrons. The van der Waals surface area contributed by atoms with Gasteiger partial charge in [-0.25, -0.2) is 5.01 Å². The zero-order chi connectivity index (χ0) is 10.3. The van der Waals surface area contributed by atoms with Crippen molar-refractivity contribution in [2.45, 2.75) is 13.3 Å². The van der Waals surface area contributed by atoms with Crippen molar-refractivity contribution in [1.29, 1.82) is 0 Å². The lowest BCUT2D eigenvalue weighted by Gasteiger charge is -2.24. The standard InChI is InChI=1S/C7H15N3O2S/c1-3-4-10(8-12)7(13)9(2)5-6-11/h11H,3-6H2,1-2H3. The van der Waals surface area contributed by atoms with Gasteiger partial charge in [-0.15, -0.1) is 4.91 Å². The summed E-state index contributed by atoms with van der Waals surface area (Å²) in [6.45, 7) is 2.87. The Kier molecular flexibility index (Phi) is 6.34. The highest BCUT2D eigenvalue weighted by Crippen LogP contribution is 1.99. The van der Waals surface area contributed by atoms with Gasteiger partial charge in [0.1, 0.15) is 0 Å². The second kappa shape index (κ2) is 6.73. The van der Waals surface area contributed by atoms with E-state index in [1.807, 2.05) is 6.92 Å². The van der Waals surface area contributed by atoms with Gasteiger partial charge in [0.05, 0.1) is 11.9 Å². The minimum atomic E-state index is 0.00939. The number of likely N-dealkylation sites (N-methyl/N-ethyl adjacent to an activating group) is 1. The lowest BCUT2D eigenvalue weighted by Crippen LogP contribution is -2.39. The molecule has 0 aromatic carbocycles. The third-order valence-corrected chi connectivity index (χ3v) is 2.04. The average Bonchev–Trinajstić information content (AvgIpc) is 2.13. The van der Waals surface area contributed by atoms with Crippen LogP contribution in [0.3, 0.4) is 0 Å². The topological polar surface area (TPSA) is 56.1 Å². The van der Waals surface area contributed by atoms with Gasteiger partial charge >= 0.3 is 0 Å². The van der Waals surface area contributed by atoms with E-state index in [0.717, 1.165) is 6.42 Å². The Bertz CT molecular complexity index is 177. The van der Waals surface area contributed by atoms with Crippen molar-refractivity contribution in [2.75, 3.05) is 26.7 Å². The highest BCUT2D eigenvalue weighted by Gasteiger charge is 2.12. The maximum atomic E-state index is 10.3. The van der Waals surface area contributed by atoms with Crippen LogP contribution in [0.15, 0.2) is 5.29 Å². The van der Waals surface area contributed by atoms with Crippen LogP contribution in [0.25, 0.3) is 0 Å². The number of rotatable bonds is 5. The number of hydrogen-bond acceptors (Lipinski definition) is 4. The van der Waals surface area contributed by atoms with Crippen LogP contribution in [0, 0.1) is 4.91 Å². The summed E-state index contributed by atoms with van der Waals surface area (Å²) >= 11 is 4.98. The molecule has 0 aliphatic rings. The molecule has 6 heteroatoms. The van der Waals surface area contributed by atoms with Crippen molar-refractivity contribution in [3.63, 3.8) is 0 Å². The number of aliphatic hydroxyl groups excluding tert-OH is 1. The number of nitrogens with zero attached hydrogens (tertiary/aromatic N) is 3. The maximum absolute atomic E-state index is 10.3. The summed E-state index contributed by atoms with van der Waals surface area (Å²) in [4.78, 5) is 12.0. The van der Waals surface area contributed by atoms with Gasteiger partial charge in [-0.05, 0) is 18.6 Å². The molecule has 0 aliphatic carbocycles. The first-order valence-electron chi connectivity index (χ1n) is 4.14. The Morgan fingerprint density at radius 2 is 2.15 bits per heavy atom. The van der Waals surface area contributed by atoms with Gasteiger partial charge < -0.3 is 10.0 Å². The SMILES string of the molecule is CCCN(N=O)C(=S)N(C)CCO. The Balaban J connectivity index is 4.10. The molecule has 0 saturated heterocycles. The molecule has 5 nitrogen and oxygen atoms in total. The van der Waals surface area contributed by atoms with E-state index in [2.05, 4.69) is 5.29 Å². The van der Waals surface area contributed by atoms with E-state index in [-0.39, 0.29) is 6.61 Å². The summed E-state index contributed by atoms with van der Waals surface area (Å²) in [5.74, 6) is 0. The summed E-state index contributed by atoms with van der Waals surface area (Å²) in [6.07, 6.45) is 0.804. The van der Waals surface area contributed by atoms with Crippen molar-refractivity contribution in [1.82, 2.24) is 9.91 Å². The molecular weight excluding hydrogens is 190 g/mol. The molecular formula is C7H15N3O2S. The van der Waals surface area contributed by atoms with Gasteiger partial charge in [0.25, 0.3) is 0 Å². The van der Waals surface area contributed by atoms with Gasteiger partial charge in [-0.3, -0.25) is 0 Å². The summed E-state index contributed by atoms with van der Waals surface area (Å²) < 4.78 is 0. The van der Waals surface area contributed by atoms with Crippen LogP contribution < -0.4 is 0 Å². The van der Waals surface area contributed by atoms with Crippen LogP contribution in [0.2, 0.25) is 0 Å². The van der Waals surface area contributed by atoms with Crippen LogP contribution in [-0.4, -0.2) is 46.9 Å². The Morgan fingerprint density at radius 1 is 1.54 bits per heavy atom. The summed E-state index contributed by atoms with van der Waals surface area (Å²) in [7, 11) is 1.71. The van der Waals surface area contributed by atoms with E-state index in [4.69, 9.17) is 17.3 Å². The van der Waals surface area contributed by atoms with Gasteiger partial charge in [0, 0.05) is 20.1 Å². The van der Waals surface area contributed by atoms with Gasteiger partial charge in [-0.2, -0.15) is 0 Å². The minimum Gasteiger partial charge on any atom is -0.395 e. The molecule has 0 bridgehead atoms. The predicted molar refractivity (Wildman–Crippen MR) is 55.1 cm³/mol. The molecule has 0 atom stereocenters.